The predicted molar refractivity (Wildman–Crippen MR) is 55.6 cm³/mol. The summed E-state index contributed by atoms with van der Waals surface area (Å²) in [5.41, 5.74) is 1.44. The Hall–Kier alpha value is -0.895. The second kappa shape index (κ2) is 4.75. The number of aryl methyl sites for hydroxylation is 1. The summed E-state index contributed by atoms with van der Waals surface area (Å²) in [4.78, 5) is 10.8. The molecule has 3 heteroatoms. The Labute approximate surface area is 108 Å². The largest absolute Gasteiger partial charge is 0.478 e. The number of carbonyl (C=O) groups is 1. The molecule has 0 aromatic heterocycles. The molecule has 0 fully saturated rings. The number of fused-ring (bicyclic) bond motifs is 1. The van der Waals surface area contributed by atoms with Gasteiger partial charge < -0.3 is 5.11 Å². The number of hydrogen-bond acceptors (Lipinski definition) is 1. The third-order valence-corrected chi connectivity index (χ3v) is 2.35. The minimum Gasteiger partial charge on any atom is -0.478 e. The fraction of sp³-hybridized carbons (Fsp3) is 0.0833. The summed E-state index contributed by atoms with van der Waals surface area (Å²) in [6, 6.07) is 11.1. The van der Waals surface area contributed by atoms with Crippen LogP contribution in [0.1, 0.15) is 15.9 Å². The zero-order valence-corrected chi connectivity index (χ0v) is 14.0. The van der Waals surface area contributed by atoms with Gasteiger partial charge in [0.2, 0.25) is 0 Å². The van der Waals surface area contributed by atoms with Crippen LogP contribution in [0, 0.1) is 6.92 Å². The monoisotopic (exact) mass is 388 g/mol. The Morgan fingerprint density at radius 2 is 1.93 bits per heavy atom. The molecular formula is C12H10HgO2. The zero-order valence-electron chi connectivity index (χ0n) is 8.53. The zero-order chi connectivity index (χ0) is 10.1. The number of aromatic carboxylic acids is 1. The van der Waals surface area contributed by atoms with E-state index in [1.807, 2.05) is 31.2 Å². The smallest absolute Gasteiger partial charge is 0.335 e. The van der Waals surface area contributed by atoms with Crippen LogP contribution in [-0.2, 0) is 27.7 Å². The molecule has 72 valence electrons. The maximum atomic E-state index is 10.8. The van der Waals surface area contributed by atoms with Gasteiger partial charge in [-0.15, -0.1) is 0 Å². The molecule has 0 atom stereocenters. The van der Waals surface area contributed by atoms with Crippen LogP contribution in [0.5, 0.6) is 0 Å². The van der Waals surface area contributed by atoms with Gasteiger partial charge in [0.05, 0.1) is 5.56 Å². The van der Waals surface area contributed by atoms with E-state index in [4.69, 9.17) is 5.11 Å². The topological polar surface area (TPSA) is 37.3 Å². The molecule has 2 aromatic carbocycles. The molecule has 0 spiro atoms. The summed E-state index contributed by atoms with van der Waals surface area (Å²) in [5, 5.41) is 10.9. The van der Waals surface area contributed by atoms with Crippen molar-refractivity contribution in [2.24, 2.45) is 0 Å². The van der Waals surface area contributed by atoms with Gasteiger partial charge in [-0.25, -0.2) is 4.79 Å². The van der Waals surface area contributed by atoms with E-state index in [9.17, 15) is 4.79 Å². The molecule has 0 bridgehead atoms. The van der Waals surface area contributed by atoms with Crippen molar-refractivity contribution in [3.05, 3.63) is 47.5 Å². The Balaban J connectivity index is 0.00000112. The van der Waals surface area contributed by atoms with Gasteiger partial charge >= 0.3 is 5.97 Å². The molecule has 0 amide bonds. The van der Waals surface area contributed by atoms with Crippen molar-refractivity contribution in [2.45, 2.75) is 6.92 Å². The first-order chi connectivity index (χ1) is 6.68. The van der Waals surface area contributed by atoms with E-state index < -0.39 is 5.97 Å². The van der Waals surface area contributed by atoms with Crippen LogP contribution in [-0.4, -0.2) is 11.1 Å². The summed E-state index contributed by atoms with van der Waals surface area (Å²) >= 11 is 0. The Morgan fingerprint density at radius 3 is 2.60 bits per heavy atom. The van der Waals surface area contributed by atoms with Crippen LogP contribution < -0.4 is 0 Å². The van der Waals surface area contributed by atoms with Crippen molar-refractivity contribution in [1.82, 2.24) is 0 Å². The van der Waals surface area contributed by atoms with Crippen LogP contribution in [0.4, 0.5) is 0 Å². The van der Waals surface area contributed by atoms with Crippen molar-refractivity contribution >= 4 is 16.7 Å². The second-order valence-electron chi connectivity index (χ2n) is 3.32. The summed E-state index contributed by atoms with van der Waals surface area (Å²) < 4.78 is 0. The quantitative estimate of drug-likeness (QED) is 0.765. The molecule has 2 nitrogen and oxygen atoms in total. The normalized spacial score (nSPS) is 9.67. The molecule has 0 aliphatic heterocycles. The maximum Gasteiger partial charge on any atom is 0.335 e. The Kier molecular flexibility index (Phi) is 3.86. The first kappa shape index (κ1) is 12.2. The molecule has 0 radical (unpaired) electrons. The number of rotatable bonds is 1. The average Bonchev–Trinajstić information content (AvgIpc) is 2.18. The molecule has 0 aliphatic carbocycles. The number of carboxylic acid groups (broad SMARTS) is 1. The van der Waals surface area contributed by atoms with Gasteiger partial charge in [0, 0.05) is 27.7 Å². The maximum absolute atomic E-state index is 10.8. The molecule has 0 saturated carbocycles. The summed E-state index contributed by atoms with van der Waals surface area (Å²) in [5.74, 6) is -0.879. The van der Waals surface area contributed by atoms with Crippen LogP contribution in [0.25, 0.3) is 10.8 Å². The molecule has 0 heterocycles. The van der Waals surface area contributed by atoms with E-state index in [1.165, 1.54) is 0 Å². The van der Waals surface area contributed by atoms with Crippen LogP contribution in [0.2, 0.25) is 0 Å². The number of carboxylic acids is 1. The molecule has 0 aliphatic rings. The molecular weight excluding hydrogens is 377 g/mol. The van der Waals surface area contributed by atoms with Crippen molar-refractivity contribution in [3.63, 3.8) is 0 Å². The average molecular weight is 387 g/mol. The van der Waals surface area contributed by atoms with Crippen molar-refractivity contribution in [2.75, 3.05) is 0 Å². The predicted octanol–water partition coefficient (Wildman–Crippen LogP) is 2.84. The Bertz CT molecular complexity index is 506. The van der Waals surface area contributed by atoms with Crippen molar-refractivity contribution < 1.29 is 37.6 Å². The number of hydrogen-bond donors (Lipinski definition) is 1. The minimum absolute atomic E-state index is 0. The van der Waals surface area contributed by atoms with E-state index in [1.54, 1.807) is 12.1 Å². The summed E-state index contributed by atoms with van der Waals surface area (Å²) in [6.07, 6.45) is 0. The molecule has 2 rings (SSSR count). The van der Waals surface area contributed by atoms with E-state index in [-0.39, 0.29) is 27.7 Å². The SMILES string of the molecule is Cc1cccc2ccc(C(=O)O)cc12.[Hg]. The first-order valence-electron chi connectivity index (χ1n) is 4.41. The number of benzene rings is 2. The van der Waals surface area contributed by atoms with Gasteiger partial charge in [-0.2, -0.15) is 0 Å². The van der Waals surface area contributed by atoms with E-state index in [0.717, 1.165) is 16.3 Å². The molecule has 0 unspecified atom stereocenters. The van der Waals surface area contributed by atoms with Crippen molar-refractivity contribution in [3.8, 4) is 0 Å². The van der Waals surface area contributed by atoms with E-state index in [0.29, 0.717) is 5.56 Å². The van der Waals surface area contributed by atoms with Crippen LogP contribution in [0.15, 0.2) is 36.4 Å². The van der Waals surface area contributed by atoms with Crippen molar-refractivity contribution in [1.29, 1.82) is 0 Å². The van der Waals surface area contributed by atoms with Gasteiger partial charge in [0.15, 0.2) is 0 Å². The summed E-state index contributed by atoms with van der Waals surface area (Å²) in [6.45, 7) is 1.98. The minimum atomic E-state index is -0.879. The molecule has 1 N–H and O–H groups in total. The van der Waals surface area contributed by atoms with E-state index in [2.05, 4.69) is 0 Å². The molecule has 0 saturated heterocycles. The fourth-order valence-electron chi connectivity index (χ4n) is 1.56. The van der Waals surface area contributed by atoms with Gasteiger partial charge in [-0.1, -0.05) is 24.3 Å². The van der Waals surface area contributed by atoms with Gasteiger partial charge in [0.25, 0.3) is 0 Å². The first-order valence-corrected chi connectivity index (χ1v) is 4.41. The van der Waals surface area contributed by atoms with Crippen LogP contribution >= 0.6 is 0 Å². The fourth-order valence-corrected chi connectivity index (χ4v) is 1.56. The van der Waals surface area contributed by atoms with Gasteiger partial charge in [-0.3, -0.25) is 0 Å². The van der Waals surface area contributed by atoms with Gasteiger partial charge in [-0.05, 0) is 35.4 Å². The van der Waals surface area contributed by atoms with Crippen LogP contribution in [0.3, 0.4) is 0 Å². The van der Waals surface area contributed by atoms with E-state index >= 15 is 0 Å². The second-order valence-corrected chi connectivity index (χ2v) is 3.32. The summed E-state index contributed by atoms with van der Waals surface area (Å²) in [7, 11) is 0. The third-order valence-electron chi connectivity index (χ3n) is 2.35. The molecule has 15 heavy (non-hydrogen) atoms. The Morgan fingerprint density at radius 1 is 1.20 bits per heavy atom. The van der Waals surface area contributed by atoms with Gasteiger partial charge in [0.1, 0.15) is 0 Å². The standard InChI is InChI=1S/C12H10O2.Hg/c1-8-3-2-4-9-5-6-10(12(13)14)7-11(8)9;/h2-7H,1H3,(H,13,14);. The molecule has 2 aromatic rings. The third kappa shape index (κ3) is 2.37.